The van der Waals surface area contributed by atoms with Crippen molar-refractivity contribution < 1.29 is 0 Å². The van der Waals surface area contributed by atoms with E-state index in [1.807, 2.05) is 0 Å². The van der Waals surface area contributed by atoms with Crippen molar-refractivity contribution in [2.45, 2.75) is 39.0 Å². The molecule has 0 bridgehead atoms. The zero-order valence-corrected chi connectivity index (χ0v) is 10.8. The Morgan fingerprint density at radius 2 is 1.87 bits per heavy atom. The molecule has 0 unspecified atom stereocenters. The van der Waals surface area contributed by atoms with E-state index in [1.54, 1.807) is 0 Å². The van der Waals surface area contributed by atoms with E-state index in [-0.39, 0.29) is 0 Å². The van der Waals surface area contributed by atoms with Crippen molar-refractivity contribution in [2.75, 3.05) is 40.3 Å². The van der Waals surface area contributed by atoms with E-state index in [1.165, 1.54) is 58.3 Å². The zero-order chi connectivity index (χ0) is 11.1. The summed E-state index contributed by atoms with van der Waals surface area (Å²) in [4.78, 5) is 4.93. The Balaban J connectivity index is 2.00. The number of rotatable bonds is 6. The first-order valence-corrected chi connectivity index (χ1v) is 6.59. The second-order valence-corrected chi connectivity index (χ2v) is 5.19. The van der Waals surface area contributed by atoms with Gasteiger partial charge >= 0.3 is 0 Å². The second-order valence-electron chi connectivity index (χ2n) is 5.19. The van der Waals surface area contributed by atoms with Crippen LogP contribution in [0.5, 0.6) is 0 Å². The van der Waals surface area contributed by atoms with Crippen LogP contribution in [-0.4, -0.2) is 50.1 Å². The molecule has 0 saturated carbocycles. The van der Waals surface area contributed by atoms with Crippen LogP contribution in [0.15, 0.2) is 0 Å². The Bertz CT molecular complexity index is 151. The normalized spacial score (nSPS) is 20.0. The van der Waals surface area contributed by atoms with Crippen LogP contribution < -0.4 is 0 Å². The van der Waals surface area contributed by atoms with Crippen LogP contribution >= 0.6 is 0 Å². The minimum atomic E-state index is 1.01. The van der Waals surface area contributed by atoms with Crippen molar-refractivity contribution in [2.24, 2.45) is 5.92 Å². The van der Waals surface area contributed by atoms with Crippen molar-refractivity contribution in [3.05, 3.63) is 0 Å². The van der Waals surface area contributed by atoms with Gasteiger partial charge < -0.3 is 9.80 Å². The van der Waals surface area contributed by atoms with Gasteiger partial charge in [-0.2, -0.15) is 0 Å². The van der Waals surface area contributed by atoms with Crippen molar-refractivity contribution in [1.82, 2.24) is 9.80 Å². The molecule has 1 aliphatic rings. The summed E-state index contributed by atoms with van der Waals surface area (Å²) in [6, 6.07) is 0. The van der Waals surface area contributed by atoms with Gasteiger partial charge in [-0.05, 0) is 78.3 Å². The summed E-state index contributed by atoms with van der Waals surface area (Å²) in [5, 5.41) is 0. The summed E-state index contributed by atoms with van der Waals surface area (Å²) < 4.78 is 0. The number of nitrogens with zero attached hydrogens (tertiary/aromatic N) is 2. The molecule has 0 N–H and O–H groups in total. The first-order valence-electron chi connectivity index (χ1n) is 6.59. The van der Waals surface area contributed by atoms with E-state index in [9.17, 15) is 0 Å². The smallest absolute Gasteiger partial charge is 0.00191 e. The Morgan fingerprint density at radius 3 is 2.47 bits per heavy atom. The van der Waals surface area contributed by atoms with Gasteiger partial charge in [-0.1, -0.05) is 6.92 Å². The van der Waals surface area contributed by atoms with Crippen LogP contribution in [0.3, 0.4) is 0 Å². The van der Waals surface area contributed by atoms with Crippen molar-refractivity contribution >= 4 is 0 Å². The molecule has 1 rings (SSSR count). The minimum Gasteiger partial charge on any atom is -0.306 e. The molecule has 0 amide bonds. The van der Waals surface area contributed by atoms with Gasteiger partial charge in [-0.15, -0.1) is 0 Å². The molecule has 0 aliphatic carbocycles. The van der Waals surface area contributed by atoms with Gasteiger partial charge in [-0.3, -0.25) is 0 Å². The van der Waals surface area contributed by atoms with Crippen LogP contribution in [0.2, 0.25) is 0 Å². The maximum absolute atomic E-state index is 2.47. The molecule has 1 saturated heterocycles. The van der Waals surface area contributed by atoms with Crippen LogP contribution in [0.25, 0.3) is 0 Å². The lowest BCUT2D eigenvalue weighted by atomic mass is 9.92. The van der Waals surface area contributed by atoms with E-state index >= 15 is 0 Å². The van der Waals surface area contributed by atoms with Gasteiger partial charge in [0.1, 0.15) is 0 Å². The third kappa shape index (κ3) is 5.53. The molecule has 15 heavy (non-hydrogen) atoms. The summed E-state index contributed by atoms with van der Waals surface area (Å²) in [6.45, 7) is 7.44. The molecule has 0 aromatic rings. The molecule has 1 aliphatic heterocycles. The van der Waals surface area contributed by atoms with E-state index in [2.05, 4.69) is 30.8 Å². The molecule has 1 heterocycles. The lowest BCUT2D eigenvalue weighted by molar-refractivity contribution is 0.204. The molecule has 0 aromatic carbocycles. The molecule has 0 atom stereocenters. The summed E-state index contributed by atoms with van der Waals surface area (Å²) in [7, 11) is 4.49. The minimum absolute atomic E-state index is 1.01. The molecule has 0 radical (unpaired) electrons. The first-order chi connectivity index (χ1) is 7.22. The van der Waals surface area contributed by atoms with Crippen molar-refractivity contribution in [3.8, 4) is 0 Å². The first kappa shape index (κ1) is 13.0. The molecule has 0 spiro atoms. The monoisotopic (exact) mass is 212 g/mol. The van der Waals surface area contributed by atoms with Gasteiger partial charge in [0, 0.05) is 0 Å². The highest BCUT2D eigenvalue weighted by molar-refractivity contribution is 4.70. The Hall–Kier alpha value is -0.0800. The molecular formula is C13H28N2. The summed E-state index contributed by atoms with van der Waals surface area (Å²) in [5.74, 6) is 1.01. The highest BCUT2D eigenvalue weighted by Crippen LogP contribution is 2.20. The standard InChI is InChI=1S/C13H28N2/c1-4-9-14(2)10-5-6-13-7-11-15(3)12-8-13/h13H,4-12H2,1-3H3. The second kappa shape index (κ2) is 7.24. The highest BCUT2D eigenvalue weighted by Gasteiger charge is 2.15. The number of likely N-dealkylation sites (tertiary alicyclic amines) is 1. The quantitative estimate of drug-likeness (QED) is 0.667. The lowest BCUT2D eigenvalue weighted by Crippen LogP contribution is -2.30. The third-order valence-electron chi connectivity index (χ3n) is 3.60. The molecule has 1 fully saturated rings. The Kier molecular flexibility index (Phi) is 6.26. The van der Waals surface area contributed by atoms with E-state index < -0.39 is 0 Å². The molecule has 90 valence electrons. The third-order valence-corrected chi connectivity index (χ3v) is 3.60. The zero-order valence-electron chi connectivity index (χ0n) is 10.8. The van der Waals surface area contributed by atoms with Gasteiger partial charge in [0.2, 0.25) is 0 Å². The summed E-state index contributed by atoms with van der Waals surface area (Å²) in [5.41, 5.74) is 0. The average Bonchev–Trinajstić information content (AvgIpc) is 2.21. The van der Waals surface area contributed by atoms with E-state index in [4.69, 9.17) is 0 Å². The fourth-order valence-corrected chi connectivity index (χ4v) is 2.49. The number of piperidine rings is 1. The largest absolute Gasteiger partial charge is 0.306 e. The van der Waals surface area contributed by atoms with E-state index in [0.29, 0.717) is 0 Å². The number of hydrogen-bond acceptors (Lipinski definition) is 2. The van der Waals surface area contributed by atoms with Crippen LogP contribution in [0, 0.1) is 5.92 Å². The lowest BCUT2D eigenvalue weighted by Gasteiger charge is -2.29. The Morgan fingerprint density at radius 1 is 1.20 bits per heavy atom. The van der Waals surface area contributed by atoms with Crippen molar-refractivity contribution in [3.63, 3.8) is 0 Å². The highest BCUT2D eigenvalue weighted by atomic mass is 15.1. The predicted molar refractivity (Wildman–Crippen MR) is 67.2 cm³/mol. The van der Waals surface area contributed by atoms with Crippen LogP contribution in [0.4, 0.5) is 0 Å². The predicted octanol–water partition coefficient (Wildman–Crippen LogP) is 2.45. The SMILES string of the molecule is CCCN(C)CCCC1CCN(C)CC1. The summed E-state index contributed by atoms with van der Waals surface area (Å²) in [6.07, 6.45) is 6.97. The van der Waals surface area contributed by atoms with Crippen molar-refractivity contribution in [1.29, 1.82) is 0 Å². The number of hydrogen-bond donors (Lipinski definition) is 0. The molecule has 2 heteroatoms. The maximum Gasteiger partial charge on any atom is -0.00191 e. The average molecular weight is 212 g/mol. The topological polar surface area (TPSA) is 6.48 Å². The fourth-order valence-electron chi connectivity index (χ4n) is 2.49. The van der Waals surface area contributed by atoms with Crippen LogP contribution in [-0.2, 0) is 0 Å². The molecule has 2 nitrogen and oxygen atoms in total. The van der Waals surface area contributed by atoms with Gasteiger partial charge in [0.05, 0.1) is 0 Å². The maximum atomic E-state index is 2.47. The van der Waals surface area contributed by atoms with Gasteiger partial charge in [0.25, 0.3) is 0 Å². The van der Waals surface area contributed by atoms with E-state index in [0.717, 1.165) is 5.92 Å². The molecular weight excluding hydrogens is 184 g/mol. The Labute approximate surface area is 95.6 Å². The molecule has 0 aromatic heterocycles. The fraction of sp³-hybridized carbons (Fsp3) is 1.00. The summed E-state index contributed by atoms with van der Waals surface area (Å²) >= 11 is 0. The van der Waals surface area contributed by atoms with Crippen LogP contribution in [0.1, 0.15) is 39.0 Å². The van der Waals surface area contributed by atoms with Gasteiger partial charge in [0.15, 0.2) is 0 Å². The van der Waals surface area contributed by atoms with Gasteiger partial charge in [-0.25, -0.2) is 0 Å².